The molecule has 9 heteroatoms. The number of piperidine rings is 1. The molecule has 2 atom stereocenters. The van der Waals surface area contributed by atoms with Gasteiger partial charge in [-0.05, 0) is 30.5 Å². The molecular weight excluding hydrogens is 414 g/mol. The van der Waals surface area contributed by atoms with Gasteiger partial charge in [0.15, 0.2) is 0 Å². The molecule has 2 amide bonds. The van der Waals surface area contributed by atoms with E-state index in [2.05, 4.69) is 15.2 Å². The molecule has 2 fully saturated rings. The van der Waals surface area contributed by atoms with Gasteiger partial charge in [0.05, 0.1) is 26.8 Å². The van der Waals surface area contributed by atoms with Gasteiger partial charge >= 0.3 is 6.03 Å². The van der Waals surface area contributed by atoms with Crippen molar-refractivity contribution in [1.82, 2.24) is 9.88 Å². The molecule has 1 N–H and O–H groups in total. The molecule has 4 rings (SSSR count). The van der Waals surface area contributed by atoms with E-state index >= 15 is 0 Å². The van der Waals surface area contributed by atoms with Crippen molar-refractivity contribution in [2.45, 2.75) is 12.5 Å². The van der Waals surface area contributed by atoms with E-state index in [1.165, 1.54) is 18.2 Å². The molecule has 0 spiro atoms. The van der Waals surface area contributed by atoms with Crippen LogP contribution in [0.3, 0.4) is 0 Å². The van der Waals surface area contributed by atoms with Gasteiger partial charge in [0.1, 0.15) is 5.82 Å². The molecule has 2 saturated heterocycles. The van der Waals surface area contributed by atoms with Crippen LogP contribution in [0.2, 0.25) is 15.1 Å². The van der Waals surface area contributed by atoms with Crippen LogP contribution >= 0.6 is 34.8 Å². The fraction of sp³-hybridized carbons (Fsp3) is 0.333. The highest BCUT2D eigenvalue weighted by atomic mass is 35.5. The van der Waals surface area contributed by atoms with Crippen LogP contribution in [-0.4, -0.2) is 41.6 Å². The second-order valence-corrected chi connectivity index (χ2v) is 8.05. The monoisotopic (exact) mass is 428 g/mol. The Balaban J connectivity index is 1.49. The van der Waals surface area contributed by atoms with Crippen LogP contribution in [0.15, 0.2) is 30.6 Å². The summed E-state index contributed by atoms with van der Waals surface area (Å²) in [6.07, 6.45) is 4.07. The molecule has 0 saturated carbocycles. The van der Waals surface area contributed by atoms with Crippen LogP contribution in [0.4, 0.5) is 20.6 Å². The Morgan fingerprint density at radius 1 is 1.11 bits per heavy atom. The molecule has 5 nitrogen and oxygen atoms in total. The number of amides is 2. The van der Waals surface area contributed by atoms with Crippen LogP contribution < -0.4 is 10.2 Å². The number of nitrogens with one attached hydrogen (secondary N) is 1. The first kappa shape index (κ1) is 18.6. The van der Waals surface area contributed by atoms with Gasteiger partial charge < -0.3 is 15.1 Å². The van der Waals surface area contributed by atoms with Gasteiger partial charge in [-0.2, -0.15) is 0 Å². The fourth-order valence-electron chi connectivity index (χ4n) is 3.87. The van der Waals surface area contributed by atoms with E-state index in [-0.39, 0.29) is 17.1 Å². The van der Waals surface area contributed by atoms with Crippen molar-refractivity contribution in [2.75, 3.05) is 29.9 Å². The third kappa shape index (κ3) is 3.66. The number of carbonyl (C=O) groups excluding carboxylic acids is 1. The van der Waals surface area contributed by atoms with Crippen molar-refractivity contribution in [3.05, 3.63) is 51.5 Å². The summed E-state index contributed by atoms with van der Waals surface area (Å²) in [7, 11) is 0. The Bertz CT molecular complexity index is 877. The van der Waals surface area contributed by atoms with E-state index in [9.17, 15) is 9.18 Å². The number of aromatic nitrogens is 1. The van der Waals surface area contributed by atoms with Crippen molar-refractivity contribution in [3.8, 4) is 0 Å². The molecular formula is C18H16Cl3FN4O. The lowest BCUT2D eigenvalue weighted by Crippen LogP contribution is -2.45. The third-order valence-electron chi connectivity index (χ3n) is 4.99. The number of nitrogens with zero attached hydrogens (tertiary/aromatic N) is 3. The Morgan fingerprint density at radius 2 is 1.85 bits per heavy atom. The van der Waals surface area contributed by atoms with E-state index in [0.29, 0.717) is 34.7 Å². The minimum Gasteiger partial charge on any atom is -0.367 e. The summed E-state index contributed by atoms with van der Waals surface area (Å²) in [6.45, 7) is 2.05. The number of rotatable bonds is 2. The first-order valence-electron chi connectivity index (χ1n) is 8.49. The van der Waals surface area contributed by atoms with E-state index < -0.39 is 5.82 Å². The molecule has 1 aromatic carbocycles. The van der Waals surface area contributed by atoms with Crippen LogP contribution in [0.5, 0.6) is 0 Å². The molecule has 3 heterocycles. The molecule has 2 aliphatic rings. The zero-order valence-electron chi connectivity index (χ0n) is 14.1. The van der Waals surface area contributed by atoms with Crippen molar-refractivity contribution in [3.63, 3.8) is 0 Å². The Hall–Kier alpha value is -1.76. The minimum absolute atomic E-state index is 0.0267. The zero-order valence-corrected chi connectivity index (χ0v) is 16.4. The highest BCUT2D eigenvalue weighted by Gasteiger charge is 2.41. The molecule has 1 aromatic heterocycles. The van der Waals surface area contributed by atoms with Gasteiger partial charge in [0.25, 0.3) is 0 Å². The molecule has 2 aromatic rings. The number of halogens is 4. The predicted molar refractivity (Wildman–Crippen MR) is 105 cm³/mol. The second kappa shape index (κ2) is 7.34. The van der Waals surface area contributed by atoms with Gasteiger partial charge in [0, 0.05) is 37.7 Å². The van der Waals surface area contributed by atoms with Crippen molar-refractivity contribution in [2.24, 2.45) is 5.92 Å². The summed E-state index contributed by atoms with van der Waals surface area (Å²) in [4.78, 5) is 20.7. The highest BCUT2D eigenvalue weighted by Crippen LogP contribution is 2.38. The summed E-state index contributed by atoms with van der Waals surface area (Å²) in [5.74, 6) is -0.194. The topological polar surface area (TPSA) is 48.5 Å². The van der Waals surface area contributed by atoms with Gasteiger partial charge in [-0.1, -0.05) is 34.8 Å². The van der Waals surface area contributed by atoms with E-state index in [1.807, 2.05) is 4.90 Å². The van der Waals surface area contributed by atoms with E-state index in [4.69, 9.17) is 34.8 Å². The molecule has 0 radical (unpaired) electrons. The summed E-state index contributed by atoms with van der Waals surface area (Å²) >= 11 is 18.4. The first-order valence-corrected chi connectivity index (χ1v) is 9.62. The molecule has 142 valence electrons. The number of anilines is 2. The van der Waals surface area contributed by atoms with Gasteiger partial charge in [-0.25, -0.2) is 9.18 Å². The number of carbonyl (C=O) groups is 1. The lowest BCUT2D eigenvalue weighted by molar-refractivity contribution is 0.208. The number of likely N-dealkylation sites (tertiary alicyclic amines) is 1. The van der Waals surface area contributed by atoms with Crippen LogP contribution in [0.1, 0.15) is 6.42 Å². The van der Waals surface area contributed by atoms with Gasteiger partial charge in [-0.3, -0.25) is 4.98 Å². The van der Waals surface area contributed by atoms with Crippen molar-refractivity contribution < 1.29 is 9.18 Å². The lowest BCUT2D eigenvalue weighted by atomic mass is 9.99. The Labute approximate surface area is 171 Å². The van der Waals surface area contributed by atoms with E-state index in [0.717, 1.165) is 18.7 Å². The minimum atomic E-state index is -0.520. The zero-order chi connectivity index (χ0) is 19.1. The average Bonchev–Trinajstić information content (AvgIpc) is 2.92. The molecule has 2 aliphatic heterocycles. The Kier molecular flexibility index (Phi) is 5.05. The molecule has 0 aliphatic carbocycles. The standard InChI is InChI=1S/C18H16Cl3FN4O/c19-13-4-11(1-2-16(13)22)24-18(27)26-8-10-3-12(26)9-25(7-10)17-14(20)5-23-6-15(17)21/h1-2,4-6,10,12H,3,7-9H2,(H,24,27). The predicted octanol–water partition coefficient (Wildman–Crippen LogP) is 4.92. The SMILES string of the molecule is O=C(Nc1ccc(F)c(Cl)c1)N1CC2CC1CN(c1c(Cl)cncc1Cl)C2. The molecule has 27 heavy (non-hydrogen) atoms. The first-order chi connectivity index (χ1) is 12.9. The quantitative estimate of drug-likeness (QED) is 0.737. The average molecular weight is 430 g/mol. The summed E-state index contributed by atoms with van der Waals surface area (Å²) in [5.41, 5.74) is 1.22. The molecule has 2 unspecified atom stereocenters. The third-order valence-corrected chi connectivity index (χ3v) is 5.83. The largest absolute Gasteiger partial charge is 0.367 e. The normalized spacial score (nSPS) is 21.5. The number of fused-ring (bicyclic) bond motifs is 2. The van der Waals surface area contributed by atoms with Crippen LogP contribution in [0, 0.1) is 11.7 Å². The van der Waals surface area contributed by atoms with Gasteiger partial charge in [0.2, 0.25) is 0 Å². The number of urea groups is 1. The van der Waals surface area contributed by atoms with Gasteiger partial charge in [-0.15, -0.1) is 0 Å². The number of benzene rings is 1. The van der Waals surface area contributed by atoms with Crippen LogP contribution in [-0.2, 0) is 0 Å². The number of pyridine rings is 1. The maximum atomic E-state index is 13.3. The van der Waals surface area contributed by atoms with Crippen LogP contribution in [0.25, 0.3) is 0 Å². The van der Waals surface area contributed by atoms with Crippen molar-refractivity contribution in [1.29, 1.82) is 0 Å². The smallest absolute Gasteiger partial charge is 0.322 e. The maximum absolute atomic E-state index is 13.3. The number of hydrogen-bond donors (Lipinski definition) is 1. The number of hydrogen-bond acceptors (Lipinski definition) is 3. The lowest BCUT2D eigenvalue weighted by Gasteiger charge is -2.35. The second-order valence-electron chi connectivity index (χ2n) is 6.82. The summed E-state index contributed by atoms with van der Waals surface area (Å²) < 4.78 is 13.3. The summed E-state index contributed by atoms with van der Waals surface area (Å²) in [6, 6.07) is 3.94. The Morgan fingerprint density at radius 3 is 2.56 bits per heavy atom. The fourth-order valence-corrected chi connectivity index (χ4v) is 4.65. The van der Waals surface area contributed by atoms with Crippen molar-refractivity contribution >= 4 is 52.2 Å². The highest BCUT2D eigenvalue weighted by molar-refractivity contribution is 6.38. The van der Waals surface area contributed by atoms with E-state index in [1.54, 1.807) is 12.4 Å². The molecule has 2 bridgehead atoms. The summed E-state index contributed by atoms with van der Waals surface area (Å²) in [5, 5.41) is 3.77. The maximum Gasteiger partial charge on any atom is 0.322 e.